The van der Waals surface area contributed by atoms with Crippen molar-refractivity contribution < 1.29 is 9.53 Å². The van der Waals surface area contributed by atoms with E-state index < -0.39 is 0 Å². The van der Waals surface area contributed by atoms with Gasteiger partial charge in [0.1, 0.15) is 0 Å². The second kappa shape index (κ2) is 8.84. The number of rotatable bonds is 7. The minimum atomic E-state index is -0.0470. The van der Waals surface area contributed by atoms with E-state index >= 15 is 0 Å². The van der Waals surface area contributed by atoms with E-state index in [1.54, 1.807) is 0 Å². The Balaban J connectivity index is 1.50. The van der Waals surface area contributed by atoms with Crippen LogP contribution in [0.3, 0.4) is 0 Å². The lowest BCUT2D eigenvalue weighted by Gasteiger charge is -2.48. The Labute approximate surface area is 173 Å². The fourth-order valence-corrected chi connectivity index (χ4v) is 4.83. The van der Waals surface area contributed by atoms with Crippen LogP contribution in [0.1, 0.15) is 69.4 Å². The Hall–Kier alpha value is -1.92. The Morgan fingerprint density at radius 3 is 2.66 bits per heavy atom. The van der Waals surface area contributed by atoms with Gasteiger partial charge in [0.15, 0.2) is 5.69 Å². The number of nitrogens with one attached hydrogen (secondary N) is 1. The molecule has 2 aliphatic heterocycles. The third-order valence-electron chi connectivity index (χ3n) is 6.61. The highest BCUT2D eigenvalue weighted by atomic mass is 16.5. The molecule has 2 fully saturated rings. The van der Waals surface area contributed by atoms with E-state index in [-0.39, 0.29) is 18.0 Å². The topological polar surface area (TPSA) is 59.4 Å². The summed E-state index contributed by atoms with van der Waals surface area (Å²) < 4.78 is 7.81. The quantitative estimate of drug-likeness (QED) is 0.771. The van der Waals surface area contributed by atoms with E-state index in [1.807, 2.05) is 22.9 Å². The predicted molar refractivity (Wildman–Crippen MR) is 115 cm³/mol. The van der Waals surface area contributed by atoms with Gasteiger partial charge < -0.3 is 10.1 Å². The van der Waals surface area contributed by atoms with Crippen molar-refractivity contribution in [2.75, 3.05) is 19.8 Å². The Morgan fingerprint density at radius 1 is 1.24 bits per heavy atom. The second-order valence-corrected chi connectivity index (χ2v) is 8.65. The summed E-state index contributed by atoms with van der Waals surface area (Å²) in [5.74, 6) is -0.0470. The number of carbonyl (C=O) groups excluding carboxylic acids is 1. The molecule has 3 heterocycles. The highest BCUT2D eigenvalue weighted by molar-refractivity contribution is 6.05. The molecule has 1 N–H and O–H groups in total. The van der Waals surface area contributed by atoms with Gasteiger partial charge in [0.2, 0.25) is 0 Å². The lowest BCUT2D eigenvalue weighted by Crippen LogP contribution is -2.60. The molecule has 2 aromatic rings. The third-order valence-corrected chi connectivity index (χ3v) is 6.61. The van der Waals surface area contributed by atoms with Crippen molar-refractivity contribution in [2.45, 2.75) is 77.0 Å². The zero-order valence-corrected chi connectivity index (χ0v) is 17.9. The number of benzene rings is 1. The van der Waals surface area contributed by atoms with E-state index in [9.17, 15) is 4.79 Å². The number of morpholine rings is 1. The average molecular weight is 399 g/mol. The lowest BCUT2D eigenvalue weighted by molar-refractivity contribution is -0.0802. The average Bonchev–Trinajstić information content (AvgIpc) is 3.11. The molecule has 2 aliphatic rings. The SMILES string of the molecule is CCCCN1[C@@H]2COC[C@H]1CC(NC(=O)c1nn(C(C)CC)c3ccccc13)C2. The molecule has 0 radical (unpaired) electrons. The van der Waals surface area contributed by atoms with E-state index in [0.717, 1.165) is 49.9 Å². The van der Waals surface area contributed by atoms with Crippen LogP contribution in [0.2, 0.25) is 0 Å². The fourth-order valence-electron chi connectivity index (χ4n) is 4.83. The standard InChI is InChI=1S/C23H34N4O2/c1-4-6-11-26-18-12-17(13-19(26)15-29-14-18)24-23(28)22-20-9-7-8-10-21(20)27(25-22)16(3)5-2/h7-10,16-19H,4-6,11-15H2,1-3H3,(H,24,28)/t16?,17?,18-,19+. The van der Waals surface area contributed by atoms with Gasteiger partial charge in [-0.15, -0.1) is 0 Å². The van der Waals surface area contributed by atoms with E-state index in [2.05, 4.69) is 37.1 Å². The van der Waals surface area contributed by atoms with Crippen LogP contribution in [0, 0.1) is 0 Å². The number of fused-ring (bicyclic) bond motifs is 3. The minimum absolute atomic E-state index is 0.0470. The first-order valence-electron chi connectivity index (χ1n) is 11.2. The summed E-state index contributed by atoms with van der Waals surface area (Å²) in [6.45, 7) is 9.22. The number of piperidine rings is 1. The second-order valence-electron chi connectivity index (χ2n) is 8.65. The summed E-state index contributed by atoms with van der Waals surface area (Å²) in [6, 6.07) is 9.33. The predicted octanol–water partition coefficient (Wildman–Crippen LogP) is 3.77. The van der Waals surface area contributed by atoms with Crippen LogP contribution in [0.4, 0.5) is 0 Å². The van der Waals surface area contributed by atoms with Crippen LogP contribution >= 0.6 is 0 Å². The van der Waals surface area contributed by atoms with Crippen molar-refractivity contribution in [3.63, 3.8) is 0 Å². The summed E-state index contributed by atoms with van der Waals surface area (Å²) >= 11 is 0. The number of para-hydroxylation sites is 1. The highest BCUT2D eigenvalue weighted by Crippen LogP contribution is 2.29. The number of hydrogen-bond acceptors (Lipinski definition) is 4. The van der Waals surface area contributed by atoms with Gasteiger partial charge in [0, 0.05) is 29.6 Å². The maximum absolute atomic E-state index is 13.2. The first-order chi connectivity index (χ1) is 14.1. The van der Waals surface area contributed by atoms with E-state index in [1.165, 1.54) is 12.8 Å². The van der Waals surface area contributed by atoms with Crippen LogP contribution in [-0.4, -0.2) is 58.5 Å². The molecule has 4 atom stereocenters. The molecular weight excluding hydrogens is 364 g/mol. The molecule has 1 amide bonds. The van der Waals surface area contributed by atoms with E-state index in [0.29, 0.717) is 17.8 Å². The molecule has 1 aromatic carbocycles. The number of carbonyl (C=O) groups is 1. The van der Waals surface area contributed by atoms with Crippen LogP contribution in [0.5, 0.6) is 0 Å². The molecule has 2 saturated heterocycles. The maximum atomic E-state index is 13.2. The van der Waals surface area contributed by atoms with Crippen molar-refractivity contribution in [2.24, 2.45) is 0 Å². The largest absolute Gasteiger partial charge is 0.378 e. The minimum Gasteiger partial charge on any atom is -0.378 e. The first-order valence-corrected chi connectivity index (χ1v) is 11.2. The first kappa shape index (κ1) is 20.4. The van der Waals surface area contributed by atoms with Crippen LogP contribution in [0.25, 0.3) is 10.9 Å². The molecule has 6 nitrogen and oxygen atoms in total. The molecule has 2 unspecified atom stereocenters. The van der Waals surface area contributed by atoms with Crippen LogP contribution in [0.15, 0.2) is 24.3 Å². The number of nitrogens with zero attached hydrogens (tertiary/aromatic N) is 3. The monoisotopic (exact) mass is 398 g/mol. The maximum Gasteiger partial charge on any atom is 0.272 e. The van der Waals surface area contributed by atoms with Crippen molar-refractivity contribution in [3.8, 4) is 0 Å². The molecule has 29 heavy (non-hydrogen) atoms. The number of unbranched alkanes of at least 4 members (excludes halogenated alkanes) is 1. The summed E-state index contributed by atoms with van der Waals surface area (Å²) in [5.41, 5.74) is 1.59. The van der Waals surface area contributed by atoms with Gasteiger partial charge in [0.05, 0.1) is 18.7 Å². The number of amides is 1. The number of ether oxygens (including phenoxy) is 1. The Bertz CT molecular complexity index is 835. The smallest absolute Gasteiger partial charge is 0.272 e. The zero-order valence-electron chi connectivity index (χ0n) is 17.9. The van der Waals surface area contributed by atoms with Gasteiger partial charge in [-0.3, -0.25) is 14.4 Å². The van der Waals surface area contributed by atoms with Gasteiger partial charge >= 0.3 is 0 Å². The molecule has 0 saturated carbocycles. The van der Waals surface area contributed by atoms with Crippen molar-refractivity contribution in [3.05, 3.63) is 30.0 Å². The molecule has 0 aliphatic carbocycles. The van der Waals surface area contributed by atoms with Gasteiger partial charge in [-0.1, -0.05) is 38.5 Å². The third kappa shape index (κ3) is 4.05. The number of hydrogen-bond donors (Lipinski definition) is 1. The number of aromatic nitrogens is 2. The van der Waals surface area contributed by atoms with Crippen molar-refractivity contribution in [1.82, 2.24) is 20.0 Å². The van der Waals surface area contributed by atoms with Gasteiger partial charge in [-0.25, -0.2) is 0 Å². The highest BCUT2D eigenvalue weighted by Gasteiger charge is 2.39. The molecule has 1 aromatic heterocycles. The van der Waals surface area contributed by atoms with Crippen LogP contribution in [-0.2, 0) is 4.74 Å². The summed E-state index contributed by atoms with van der Waals surface area (Å²) in [5, 5.41) is 8.97. The molecule has 6 heteroatoms. The lowest BCUT2D eigenvalue weighted by atomic mass is 9.89. The molecule has 0 spiro atoms. The van der Waals surface area contributed by atoms with Crippen molar-refractivity contribution >= 4 is 16.8 Å². The fraction of sp³-hybridized carbons (Fsp3) is 0.652. The zero-order chi connectivity index (χ0) is 20.4. The molecule has 158 valence electrons. The Kier molecular flexibility index (Phi) is 6.20. The van der Waals surface area contributed by atoms with Gasteiger partial charge in [-0.2, -0.15) is 5.10 Å². The van der Waals surface area contributed by atoms with Crippen molar-refractivity contribution in [1.29, 1.82) is 0 Å². The summed E-state index contributed by atoms with van der Waals surface area (Å²) in [4.78, 5) is 15.8. The molecule has 2 bridgehead atoms. The Morgan fingerprint density at radius 2 is 1.97 bits per heavy atom. The van der Waals surface area contributed by atoms with Gasteiger partial charge in [-0.05, 0) is 45.2 Å². The molecule has 4 rings (SSSR count). The van der Waals surface area contributed by atoms with Gasteiger partial charge in [0.25, 0.3) is 5.91 Å². The summed E-state index contributed by atoms with van der Waals surface area (Å²) in [7, 11) is 0. The van der Waals surface area contributed by atoms with E-state index in [4.69, 9.17) is 9.84 Å². The summed E-state index contributed by atoms with van der Waals surface area (Å²) in [6.07, 6.45) is 5.32. The molecular formula is C23H34N4O2. The normalized spacial score (nSPS) is 25.8. The van der Waals surface area contributed by atoms with Crippen LogP contribution < -0.4 is 5.32 Å².